The molecule has 1 N–H and O–H groups in total. The van der Waals surface area contributed by atoms with Crippen LogP contribution in [0.5, 0.6) is 0 Å². The van der Waals surface area contributed by atoms with E-state index in [0.717, 1.165) is 17.3 Å². The van der Waals surface area contributed by atoms with E-state index in [0.29, 0.717) is 6.54 Å². The summed E-state index contributed by atoms with van der Waals surface area (Å²) in [6, 6.07) is 0. The highest BCUT2D eigenvalue weighted by Crippen LogP contribution is 1.96. The zero-order valence-corrected chi connectivity index (χ0v) is 9.76. The van der Waals surface area contributed by atoms with Crippen molar-refractivity contribution in [2.24, 2.45) is 0 Å². The van der Waals surface area contributed by atoms with Gasteiger partial charge in [0.2, 0.25) is 0 Å². The molecule has 3 nitrogen and oxygen atoms in total. The van der Waals surface area contributed by atoms with Gasteiger partial charge in [0.1, 0.15) is 6.10 Å². The lowest BCUT2D eigenvalue weighted by Gasteiger charge is -2.10. The first-order valence-electron chi connectivity index (χ1n) is 4.21. The normalized spacial score (nSPS) is 12.2. The molecule has 0 fully saturated rings. The number of hydrogen-bond acceptors (Lipinski definition) is 2. The molecule has 0 saturated carbocycles. The van der Waals surface area contributed by atoms with Gasteiger partial charge in [-0.25, -0.2) is 4.79 Å². The molecule has 0 saturated heterocycles. The van der Waals surface area contributed by atoms with E-state index >= 15 is 0 Å². The van der Waals surface area contributed by atoms with Crippen molar-refractivity contribution >= 4 is 28.7 Å². The lowest BCUT2D eigenvalue weighted by atomic mass is 10.3. The number of unbranched alkanes of at least 4 members (excludes halogenated alkanes) is 1. The van der Waals surface area contributed by atoms with Gasteiger partial charge in [-0.2, -0.15) is 0 Å². The number of hydrogen-bond donors (Lipinski definition) is 1. The van der Waals surface area contributed by atoms with E-state index in [9.17, 15) is 4.79 Å². The molecule has 0 aliphatic rings. The maximum absolute atomic E-state index is 11.0. The van der Waals surface area contributed by atoms with E-state index in [1.165, 1.54) is 0 Å². The smallest absolute Gasteiger partial charge is 0.407 e. The van der Waals surface area contributed by atoms with Crippen LogP contribution in [0.1, 0.15) is 26.7 Å². The Balaban J connectivity index is 3.33. The standard InChI is InChI=1S/C8H16INO2/c1-3-4-5-10-8(11)12-7(2)6-9/h7H,3-6H2,1-2H3,(H,10,11). The summed E-state index contributed by atoms with van der Waals surface area (Å²) in [5, 5.41) is 2.68. The third kappa shape index (κ3) is 6.69. The van der Waals surface area contributed by atoms with Crippen molar-refractivity contribution in [3.63, 3.8) is 0 Å². The fourth-order valence-corrected chi connectivity index (χ4v) is 0.803. The van der Waals surface area contributed by atoms with E-state index in [4.69, 9.17) is 4.74 Å². The Morgan fingerprint density at radius 2 is 2.33 bits per heavy atom. The quantitative estimate of drug-likeness (QED) is 0.478. The summed E-state index contributed by atoms with van der Waals surface area (Å²) in [6.07, 6.45) is 1.80. The number of carbonyl (C=O) groups excluding carboxylic acids is 1. The second-order valence-corrected chi connectivity index (χ2v) is 3.53. The minimum absolute atomic E-state index is 0.00669. The predicted octanol–water partition coefficient (Wildman–Crippen LogP) is 2.34. The van der Waals surface area contributed by atoms with Crippen molar-refractivity contribution in [2.75, 3.05) is 11.0 Å². The Morgan fingerprint density at radius 3 is 2.83 bits per heavy atom. The summed E-state index contributed by atoms with van der Waals surface area (Å²) in [4.78, 5) is 11.0. The van der Waals surface area contributed by atoms with Crippen LogP contribution in [0.4, 0.5) is 4.79 Å². The molecule has 0 aliphatic heterocycles. The first-order valence-corrected chi connectivity index (χ1v) is 5.73. The van der Waals surface area contributed by atoms with Crippen molar-refractivity contribution in [2.45, 2.75) is 32.8 Å². The molecule has 0 spiro atoms. The van der Waals surface area contributed by atoms with Crippen LogP contribution in [-0.2, 0) is 4.74 Å². The Bertz CT molecular complexity index is 130. The average Bonchev–Trinajstić information content (AvgIpc) is 2.05. The highest BCUT2D eigenvalue weighted by Gasteiger charge is 2.05. The zero-order valence-electron chi connectivity index (χ0n) is 7.60. The minimum atomic E-state index is -0.299. The van der Waals surface area contributed by atoms with Crippen molar-refractivity contribution in [3.05, 3.63) is 0 Å². The molecule has 0 aromatic carbocycles. The Kier molecular flexibility index (Phi) is 7.64. The van der Waals surface area contributed by atoms with Gasteiger partial charge in [0.25, 0.3) is 0 Å². The molecular formula is C8H16INO2. The fraction of sp³-hybridized carbons (Fsp3) is 0.875. The number of amides is 1. The second-order valence-electron chi connectivity index (χ2n) is 2.65. The van der Waals surface area contributed by atoms with Gasteiger partial charge in [-0.1, -0.05) is 35.9 Å². The van der Waals surface area contributed by atoms with Crippen LogP contribution in [0.25, 0.3) is 0 Å². The SMILES string of the molecule is CCCCNC(=O)OC(C)CI. The molecule has 0 bridgehead atoms. The maximum Gasteiger partial charge on any atom is 0.407 e. The van der Waals surface area contributed by atoms with Gasteiger partial charge in [0, 0.05) is 11.0 Å². The first-order chi connectivity index (χ1) is 5.70. The zero-order chi connectivity index (χ0) is 9.40. The predicted molar refractivity (Wildman–Crippen MR) is 57.7 cm³/mol. The van der Waals surface area contributed by atoms with Gasteiger partial charge in [-0.05, 0) is 13.3 Å². The maximum atomic E-state index is 11.0. The van der Waals surface area contributed by atoms with Crippen LogP contribution in [0, 0.1) is 0 Å². The molecule has 0 aliphatic carbocycles. The molecule has 0 radical (unpaired) electrons. The lowest BCUT2D eigenvalue weighted by molar-refractivity contribution is 0.119. The molecule has 0 rings (SSSR count). The number of ether oxygens (including phenoxy) is 1. The average molecular weight is 285 g/mol. The van der Waals surface area contributed by atoms with Crippen molar-refractivity contribution in [1.82, 2.24) is 5.32 Å². The van der Waals surface area contributed by atoms with Crippen molar-refractivity contribution in [1.29, 1.82) is 0 Å². The number of halogens is 1. The molecule has 1 amide bonds. The van der Waals surface area contributed by atoms with Crippen LogP contribution in [0.15, 0.2) is 0 Å². The molecule has 0 heterocycles. The molecule has 12 heavy (non-hydrogen) atoms. The number of nitrogens with one attached hydrogen (secondary N) is 1. The Morgan fingerprint density at radius 1 is 1.67 bits per heavy atom. The number of rotatable bonds is 5. The monoisotopic (exact) mass is 285 g/mol. The number of alkyl halides is 1. The summed E-state index contributed by atoms with van der Waals surface area (Å²) < 4.78 is 5.82. The Hall–Kier alpha value is 0. The van der Waals surface area contributed by atoms with Crippen LogP contribution in [0.2, 0.25) is 0 Å². The van der Waals surface area contributed by atoms with Gasteiger partial charge >= 0.3 is 6.09 Å². The van der Waals surface area contributed by atoms with Gasteiger partial charge in [0.05, 0.1) is 0 Å². The summed E-state index contributed by atoms with van der Waals surface area (Å²) in [7, 11) is 0. The fourth-order valence-electron chi connectivity index (χ4n) is 0.623. The third-order valence-corrected chi connectivity index (χ3v) is 2.57. The van der Waals surface area contributed by atoms with Gasteiger partial charge in [-0.3, -0.25) is 0 Å². The van der Waals surface area contributed by atoms with Crippen molar-refractivity contribution < 1.29 is 9.53 Å². The van der Waals surface area contributed by atoms with Crippen LogP contribution in [0.3, 0.4) is 0 Å². The molecule has 0 aromatic heterocycles. The van der Waals surface area contributed by atoms with Crippen LogP contribution in [-0.4, -0.2) is 23.2 Å². The molecule has 0 aromatic rings. The summed E-state index contributed by atoms with van der Waals surface area (Å²) in [6.45, 7) is 4.68. The Labute approximate surface area is 87.4 Å². The second kappa shape index (κ2) is 7.64. The van der Waals surface area contributed by atoms with E-state index in [1.54, 1.807) is 0 Å². The largest absolute Gasteiger partial charge is 0.446 e. The van der Waals surface area contributed by atoms with E-state index in [1.807, 2.05) is 6.92 Å². The van der Waals surface area contributed by atoms with E-state index in [2.05, 4.69) is 34.8 Å². The van der Waals surface area contributed by atoms with Crippen molar-refractivity contribution in [3.8, 4) is 0 Å². The molecular weight excluding hydrogens is 269 g/mol. The minimum Gasteiger partial charge on any atom is -0.446 e. The molecule has 1 atom stereocenters. The van der Waals surface area contributed by atoms with E-state index < -0.39 is 0 Å². The van der Waals surface area contributed by atoms with Crippen LogP contribution >= 0.6 is 22.6 Å². The van der Waals surface area contributed by atoms with Gasteiger partial charge in [-0.15, -0.1) is 0 Å². The molecule has 4 heteroatoms. The van der Waals surface area contributed by atoms with Crippen LogP contribution < -0.4 is 5.32 Å². The van der Waals surface area contributed by atoms with Gasteiger partial charge in [0.15, 0.2) is 0 Å². The highest BCUT2D eigenvalue weighted by atomic mass is 127. The van der Waals surface area contributed by atoms with E-state index in [-0.39, 0.29) is 12.2 Å². The summed E-state index contributed by atoms with van der Waals surface area (Å²) in [5.74, 6) is 0. The first kappa shape index (κ1) is 12.0. The lowest BCUT2D eigenvalue weighted by Crippen LogP contribution is -2.29. The number of carbonyl (C=O) groups is 1. The third-order valence-electron chi connectivity index (χ3n) is 1.33. The highest BCUT2D eigenvalue weighted by molar-refractivity contribution is 14.1. The molecule has 1 unspecified atom stereocenters. The summed E-state index contributed by atoms with van der Waals surface area (Å²) >= 11 is 2.19. The number of alkyl carbamates (subject to hydrolysis) is 1. The molecule has 72 valence electrons. The topological polar surface area (TPSA) is 38.3 Å². The van der Waals surface area contributed by atoms with Gasteiger partial charge < -0.3 is 10.1 Å². The summed E-state index contributed by atoms with van der Waals surface area (Å²) in [5.41, 5.74) is 0.